The first-order chi connectivity index (χ1) is 15.2. The number of methoxy groups -OCH3 is 1. The third-order valence-electron chi connectivity index (χ3n) is 6.11. The van der Waals surface area contributed by atoms with Gasteiger partial charge in [0, 0.05) is 17.2 Å². The largest absolute Gasteiger partial charge is 0.481 e. The number of fused-ring (bicyclic) bond motifs is 1. The molecule has 0 atom stereocenters. The molecule has 6 nitrogen and oxygen atoms in total. The number of hydrogen-bond acceptors (Lipinski definition) is 5. The van der Waals surface area contributed by atoms with Crippen LogP contribution in [0.3, 0.4) is 0 Å². The predicted molar refractivity (Wildman–Crippen MR) is 123 cm³/mol. The molecule has 3 rings (SSSR count). The van der Waals surface area contributed by atoms with Gasteiger partial charge in [0.25, 0.3) is 0 Å². The van der Waals surface area contributed by atoms with E-state index in [1.165, 1.54) is 12.6 Å². The van der Waals surface area contributed by atoms with E-state index >= 15 is 0 Å². The van der Waals surface area contributed by atoms with E-state index < -0.39 is 5.60 Å². The molecular formula is C25H36FN3O3. The first-order valence-corrected chi connectivity index (χ1v) is 11.7. The molecule has 0 aromatic carbocycles. The highest BCUT2D eigenvalue weighted by Gasteiger charge is 2.34. The van der Waals surface area contributed by atoms with Gasteiger partial charge >= 0.3 is 6.09 Å². The number of carbonyl (C=O) groups excluding carboxylic acids is 1. The molecule has 1 saturated carbocycles. The van der Waals surface area contributed by atoms with Gasteiger partial charge in [-0.2, -0.15) is 0 Å². The topological polar surface area (TPSA) is 73.3 Å². The van der Waals surface area contributed by atoms with Crippen molar-refractivity contribution < 1.29 is 18.7 Å². The summed E-state index contributed by atoms with van der Waals surface area (Å²) >= 11 is 0. The van der Waals surface area contributed by atoms with E-state index in [1.807, 2.05) is 20.8 Å². The van der Waals surface area contributed by atoms with Gasteiger partial charge in [-0.1, -0.05) is 32.1 Å². The Labute approximate surface area is 190 Å². The molecule has 1 aliphatic rings. The van der Waals surface area contributed by atoms with Crippen LogP contribution in [0.25, 0.3) is 11.0 Å². The predicted octanol–water partition coefficient (Wildman–Crippen LogP) is 6.11. The number of carbonyl (C=O) groups is 1. The number of aryl methyl sites for hydroxylation is 1. The molecule has 1 amide bonds. The van der Waals surface area contributed by atoms with Crippen molar-refractivity contribution in [2.24, 2.45) is 0 Å². The molecule has 176 valence electrons. The Balaban J connectivity index is 1.57. The molecule has 7 heteroatoms. The Morgan fingerprint density at radius 2 is 1.91 bits per heavy atom. The van der Waals surface area contributed by atoms with Gasteiger partial charge in [0.2, 0.25) is 5.88 Å². The zero-order chi connectivity index (χ0) is 23.2. The van der Waals surface area contributed by atoms with Crippen LogP contribution >= 0.6 is 0 Å². The summed E-state index contributed by atoms with van der Waals surface area (Å²) in [6, 6.07) is 3.54. The highest BCUT2D eigenvalue weighted by atomic mass is 19.1. The smallest absolute Gasteiger partial charge is 0.408 e. The second-order valence-corrected chi connectivity index (χ2v) is 9.83. The molecule has 0 radical (unpaired) electrons. The van der Waals surface area contributed by atoms with Crippen LogP contribution in [0.5, 0.6) is 5.88 Å². The lowest BCUT2D eigenvalue weighted by Crippen LogP contribution is -2.51. The number of nitrogens with zero attached hydrogens (tertiary/aromatic N) is 2. The molecule has 0 bridgehead atoms. The third kappa shape index (κ3) is 6.53. The van der Waals surface area contributed by atoms with Crippen LogP contribution in [0.2, 0.25) is 0 Å². The summed E-state index contributed by atoms with van der Waals surface area (Å²) < 4.78 is 25.2. The maximum Gasteiger partial charge on any atom is 0.408 e. The Morgan fingerprint density at radius 1 is 1.16 bits per heavy atom. The Kier molecular flexibility index (Phi) is 7.91. The normalized spacial score (nSPS) is 16.0. The summed E-state index contributed by atoms with van der Waals surface area (Å²) in [5, 5.41) is 3.19. The van der Waals surface area contributed by atoms with Crippen molar-refractivity contribution in [3.05, 3.63) is 29.7 Å². The lowest BCUT2D eigenvalue weighted by atomic mass is 9.78. The molecule has 1 aliphatic carbocycles. The summed E-state index contributed by atoms with van der Waals surface area (Å²) in [4.78, 5) is 21.0. The van der Waals surface area contributed by atoms with Crippen molar-refractivity contribution in [3.8, 4) is 5.88 Å². The fourth-order valence-electron chi connectivity index (χ4n) is 4.56. The number of pyridine rings is 2. The zero-order valence-corrected chi connectivity index (χ0v) is 19.8. The number of hydrogen-bond donors (Lipinski definition) is 1. The van der Waals surface area contributed by atoms with Crippen molar-refractivity contribution in [1.82, 2.24) is 15.3 Å². The van der Waals surface area contributed by atoms with Crippen molar-refractivity contribution >= 4 is 17.1 Å². The van der Waals surface area contributed by atoms with Crippen molar-refractivity contribution in [1.29, 1.82) is 0 Å². The first-order valence-electron chi connectivity index (χ1n) is 11.7. The minimum absolute atomic E-state index is 0.190. The van der Waals surface area contributed by atoms with Gasteiger partial charge in [-0.3, -0.25) is 4.98 Å². The second-order valence-electron chi connectivity index (χ2n) is 9.83. The molecule has 2 aromatic rings. The molecule has 2 aromatic heterocycles. The van der Waals surface area contributed by atoms with E-state index in [-0.39, 0.29) is 17.4 Å². The van der Waals surface area contributed by atoms with Gasteiger partial charge in [0.1, 0.15) is 11.4 Å². The second kappa shape index (κ2) is 10.5. The van der Waals surface area contributed by atoms with E-state index in [2.05, 4.69) is 15.3 Å². The van der Waals surface area contributed by atoms with Crippen LogP contribution in [-0.2, 0) is 11.2 Å². The minimum atomic E-state index is -0.506. The van der Waals surface area contributed by atoms with Gasteiger partial charge in [-0.25, -0.2) is 14.2 Å². The third-order valence-corrected chi connectivity index (χ3v) is 6.11. The molecule has 0 unspecified atom stereocenters. The summed E-state index contributed by atoms with van der Waals surface area (Å²) in [6.07, 6.45) is 10.6. The summed E-state index contributed by atoms with van der Waals surface area (Å²) in [7, 11) is 1.55. The average molecular weight is 446 g/mol. The number of halogens is 1. The molecule has 0 saturated heterocycles. The Hall–Kier alpha value is -2.44. The standard InChI is InChI=1S/C25H36FN3O3/c1-24(2,3)32-23(30)29-25(15-9-6-10-16-25)14-8-5-7-11-18-19(26)17-27-20-12-13-21(31-4)28-22(18)20/h12-13,17H,5-11,14-16H2,1-4H3,(H,29,30). The number of aromatic nitrogens is 2. The molecule has 0 aliphatic heterocycles. The van der Waals surface area contributed by atoms with Crippen LogP contribution in [-0.4, -0.2) is 34.3 Å². The fourth-order valence-corrected chi connectivity index (χ4v) is 4.56. The van der Waals surface area contributed by atoms with Crippen LogP contribution in [0.1, 0.15) is 84.1 Å². The quantitative estimate of drug-likeness (QED) is 0.496. The van der Waals surface area contributed by atoms with Gasteiger partial charge < -0.3 is 14.8 Å². The highest BCUT2D eigenvalue weighted by Crippen LogP contribution is 2.33. The minimum Gasteiger partial charge on any atom is -0.481 e. The summed E-state index contributed by atoms with van der Waals surface area (Å²) in [6.45, 7) is 5.64. The van der Waals surface area contributed by atoms with E-state index in [0.717, 1.165) is 51.4 Å². The fraction of sp³-hybridized carbons (Fsp3) is 0.640. The van der Waals surface area contributed by atoms with Crippen molar-refractivity contribution in [2.75, 3.05) is 7.11 Å². The van der Waals surface area contributed by atoms with Crippen molar-refractivity contribution in [3.63, 3.8) is 0 Å². The van der Waals surface area contributed by atoms with Gasteiger partial charge in [-0.05, 0) is 58.9 Å². The molecule has 0 spiro atoms. The van der Waals surface area contributed by atoms with Gasteiger partial charge in [0.15, 0.2) is 0 Å². The van der Waals surface area contributed by atoms with Crippen LogP contribution in [0.4, 0.5) is 9.18 Å². The molecule has 2 heterocycles. The Morgan fingerprint density at radius 3 is 2.59 bits per heavy atom. The zero-order valence-electron chi connectivity index (χ0n) is 19.8. The Bertz CT molecular complexity index is 921. The van der Waals surface area contributed by atoms with Crippen LogP contribution < -0.4 is 10.1 Å². The number of ether oxygens (including phenoxy) is 2. The maximum atomic E-state index is 14.5. The van der Waals surface area contributed by atoms with Crippen LogP contribution in [0, 0.1) is 5.82 Å². The molecule has 1 N–H and O–H groups in total. The van der Waals surface area contributed by atoms with Gasteiger partial charge in [0.05, 0.1) is 24.3 Å². The lowest BCUT2D eigenvalue weighted by Gasteiger charge is -2.38. The summed E-state index contributed by atoms with van der Waals surface area (Å²) in [5.41, 5.74) is 1.14. The van der Waals surface area contributed by atoms with E-state index in [4.69, 9.17) is 9.47 Å². The first kappa shape index (κ1) is 24.2. The average Bonchev–Trinajstić information content (AvgIpc) is 2.73. The number of rotatable bonds is 8. The highest BCUT2D eigenvalue weighted by molar-refractivity contribution is 5.78. The lowest BCUT2D eigenvalue weighted by molar-refractivity contribution is 0.0413. The number of nitrogens with one attached hydrogen (secondary N) is 1. The molecular weight excluding hydrogens is 409 g/mol. The van der Waals surface area contributed by atoms with Crippen LogP contribution in [0.15, 0.2) is 18.3 Å². The number of amides is 1. The van der Waals surface area contributed by atoms with Gasteiger partial charge in [-0.15, -0.1) is 0 Å². The van der Waals surface area contributed by atoms with E-state index in [0.29, 0.717) is 28.9 Å². The number of alkyl carbamates (subject to hydrolysis) is 1. The molecule has 32 heavy (non-hydrogen) atoms. The number of unbranched alkanes of at least 4 members (excludes halogenated alkanes) is 2. The monoisotopic (exact) mass is 445 g/mol. The van der Waals surface area contributed by atoms with E-state index in [9.17, 15) is 9.18 Å². The molecule has 1 fully saturated rings. The SMILES string of the molecule is COc1ccc2ncc(F)c(CCCCCC3(NC(=O)OC(C)(C)C)CCCCC3)c2n1. The van der Waals surface area contributed by atoms with E-state index in [1.54, 1.807) is 19.2 Å². The summed E-state index contributed by atoms with van der Waals surface area (Å²) in [5.74, 6) is 0.132. The maximum absolute atomic E-state index is 14.5. The van der Waals surface area contributed by atoms with Crippen molar-refractivity contribution in [2.45, 2.75) is 96.1 Å².